The maximum absolute atomic E-state index is 11.3. The van der Waals surface area contributed by atoms with Gasteiger partial charge in [-0.25, -0.2) is 0 Å². The number of cyclic esters (lactones) is 1. The largest absolute Gasteiger partial charge is 0.463 e. The fourth-order valence-electron chi connectivity index (χ4n) is 1.33. The Morgan fingerprint density at radius 2 is 1.93 bits per heavy atom. The van der Waals surface area contributed by atoms with Gasteiger partial charge in [0.15, 0.2) is 0 Å². The molecule has 0 saturated carbocycles. The summed E-state index contributed by atoms with van der Waals surface area (Å²) in [5, 5.41) is 2.77. The number of carbonyl (C=O) groups is 2. The predicted octanol–water partition coefficient (Wildman–Crippen LogP) is 1.16. The van der Waals surface area contributed by atoms with Crippen LogP contribution in [-0.2, 0) is 14.3 Å². The molecule has 4 nitrogen and oxygen atoms in total. The maximum atomic E-state index is 11.3. The molecule has 0 fully saturated rings. The smallest absolute Gasteiger partial charge is 0.306 e. The zero-order valence-corrected chi connectivity index (χ0v) is 8.99. The van der Waals surface area contributed by atoms with Crippen LogP contribution in [0.5, 0.6) is 0 Å². The third-order valence-corrected chi connectivity index (χ3v) is 2.12. The standard InChI is InChI=1S/C11H17NO3/c1-9-8-15-11(14)7-5-3-2-4-6-10(13)12-9/h2-3,9H,4-8H2,1H3,(H,12,13)/b3-2-. The van der Waals surface area contributed by atoms with E-state index >= 15 is 0 Å². The molecule has 0 aromatic heterocycles. The van der Waals surface area contributed by atoms with Crippen molar-refractivity contribution < 1.29 is 14.3 Å². The van der Waals surface area contributed by atoms with Crippen molar-refractivity contribution in [2.75, 3.05) is 6.61 Å². The van der Waals surface area contributed by atoms with Gasteiger partial charge in [-0.1, -0.05) is 12.2 Å². The number of ether oxygens (including phenoxy) is 1. The lowest BCUT2D eigenvalue weighted by atomic mass is 10.2. The Kier molecular flexibility index (Phi) is 4.87. The molecular formula is C11H17NO3. The van der Waals surface area contributed by atoms with E-state index in [9.17, 15) is 9.59 Å². The van der Waals surface area contributed by atoms with Crippen LogP contribution in [0.25, 0.3) is 0 Å². The van der Waals surface area contributed by atoms with Crippen molar-refractivity contribution in [1.29, 1.82) is 0 Å². The molecule has 0 spiro atoms. The number of rotatable bonds is 0. The van der Waals surface area contributed by atoms with E-state index in [1.807, 2.05) is 19.1 Å². The minimum Gasteiger partial charge on any atom is -0.463 e. The molecule has 1 aliphatic heterocycles. The topological polar surface area (TPSA) is 55.4 Å². The first-order valence-electron chi connectivity index (χ1n) is 5.28. The van der Waals surface area contributed by atoms with Crippen LogP contribution in [0.2, 0.25) is 0 Å². The Morgan fingerprint density at radius 3 is 2.67 bits per heavy atom. The fourth-order valence-corrected chi connectivity index (χ4v) is 1.33. The summed E-state index contributed by atoms with van der Waals surface area (Å²) in [4.78, 5) is 22.5. The molecule has 4 heteroatoms. The summed E-state index contributed by atoms with van der Waals surface area (Å²) in [6.07, 6.45) is 6.17. The summed E-state index contributed by atoms with van der Waals surface area (Å²) >= 11 is 0. The summed E-state index contributed by atoms with van der Waals surface area (Å²) in [5.41, 5.74) is 0. The van der Waals surface area contributed by atoms with Crippen molar-refractivity contribution in [3.63, 3.8) is 0 Å². The summed E-state index contributed by atoms with van der Waals surface area (Å²) in [7, 11) is 0. The molecule has 0 aliphatic carbocycles. The molecule has 1 amide bonds. The molecule has 0 aromatic rings. The lowest BCUT2D eigenvalue weighted by Crippen LogP contribution is -2.36. The van der Waals surface area contributed by atoms with Crippen LogP contribution in [0.4, 0.5) is 0 Å². The molecule has 1 unspecified atom stereocenters. The van der Waals surface area contributed by atoms with E-state index < -0.39 is 0 Å². The average Bonchev–Trinajstić information content (AvgIpc) is 2.18. The first-order valence-corrected chi connectivity index (χ1v) is 5.28. The van der Waals surface area contributed by atoms with E-state index in [0.717, 1.165) is 6.42 Å². The fraction of sp³-hybridized carbons (Fsp3) is 0.636. The van der Waals surface area contributed by atoms with Crippen LogP contribution in [0.3, 0.4) is 0 Å². The van der Waals surface area contributed by atoms with Crippen LogP contribution >= 0.6 is 0 Å². The van der Waals surface area contributed by atoms with E-state index in [1.54, 1.807) is 0 Å². The van der Waals surface area contributed by atoms with Crippen LogP contribution in [0, 0.1) is 0 Å². The van der Waals surface area contributed by atoms with Crippen molar-refractivity contribution in [1.82, 2.24) is 5.32 Å². The van der Waals surface area contributed by atoms with Gasteiger partial charge in [-0.3, -0.25) is 9.59 Å². The monoisotopic (exact) mass is 211 g/mol. The number of hydrogen-bond acceptors (Lipinski definition) is 3. The predicted molar refractivity (Wildman–Crippen MR) is 56.2 cm³/mol. The lowest BCUT2D eigenvalue weighted by molar-refractivity contribution is -0.144. The number of amides is 1. The molecular weight excluding hydrogens is 194 g/mol. The highest BCUT2D eigenvalue weighted by molar-refractivity contribution is 5.76. The summed E-state index contributed by atoms with van der Waals surface area (Å²) in [6, 6.07) is -0.107. The number of carbonyl (C=O) groups excluding carboxylic acids is 2. The summed E-state index contributed by atoms with van der Waals surface area (Å²) in [6.45, 7) is 2.08. The van der Waals surface area contributed by atoms with Gasteiger partial charge >= 0.3 is 5.97 Å². The first-order chi connectivity index (χ1) is 7.18. The van der Waals surface area contributed by atoms with Crippen molar-refractivity contribution in [3.8, 4) is 0 Å². The molecule has 84 valence electrons. The third kappa shape index (κ3) is 5.20. The first kappa shape index (κ1) is 11.8. The van der Waals surface area contributed by atoms with E-state index in [2.05, 4.69) is 5.32 Å². The van der Waals surface area contributed by atoms with E-state index in [4.69, 9.17) is 4.74 Å². The van der Waals surface area contributed by atoms with Crippen LogP contribution in [0.1, 0.15) is 32.6 Å². The number of nitrogens with one attached hydrogen (secondary N) is 1. The second kappa shape index (κ2) is 6.22. The lowest BCUT2D eigenvalue weighted by Gasteiger charge is -2.14. The number of esters is 1. The average molecular weight is 211 g/mol. The summed E-state index contributed by atoms with van der Waals surface area (Å²) < 4.78 is 4.99. The van der Waals surface area contributed by atoms with Crippen molar-refractivity contribution >= 4 is 11.9 Å². The molecule has 0 bridgehead atoms. The Morgan fingerprint density at radius 1 is 1.27 bits per heavy atom. The van der Waals surface area contributed by atoms with Crippen LogP contribution in [-0.4, -0.2) is 24.5 Å². The number of allylic oxidation sites excluding steroid dienone is 2. The summed E-state index contributed by atoms with van der Waals surface area (Å²) in [5.74, 6) is -0.204. The SMILES string of the molecule is CC1COC(=O)CC/C=C\CCC(=O)N1. The molecule has 0 radical (unpaired) electrons. The second-order valence-electron chi connectivity index (χ2n) is 3.70. The quantitative estimate of drug-likeness (QED) is 0.483. The molecule has 0 aromatic carbocycles. The molecule has 1 atom stereocenters. The zero-order valence-electron chi connectivity index (χ0n) is 8.99. The highest BCUT2D eigenvalue weighted by Crippen LogP contribution is 2.00. The van der Waals surface area contributed by atoms with Gasteiger partial charge in [0.25, 0.3) is 0 Å². The Hall–Kier alpha value is -1.32. The molecule has 1 rings (SSSR count). The minimum absolute atomic E-state index is 0.00349. The minimum atomic E-state index is -0.207. The normalized spacial score (nSPS) is 26.9. The van der Waals surface area contributed by atoms with Crippen LogP contribution < -0.4 is 5.32 Å². The Bertz CT molecular complexity index is 261. The van der Waals surface area contributed by atoms with E-state index in [-0.39, 0.29) is 24.5 Å². The maximum Gasteiger partial charge on any atom is 0.306 e. The van der Waals surface area contributed by atoms with Crippen molar-refractivity contribution in [2.24, 2.45) is 0 Å². The highest BCUT2D eigenvalue weighted by atomic mass is 16.5. The van der Waals surface area contributed by atoms with Gasteiger partial charge in [-0.05, 0) is 19.8 Å². The third-order valence-electron chi connectivity index (χ3n) is 2.12. The number of hydrogen-bond donors (Lipinski definition) is 1. The second-order valence-corrected chi connectivity index (χ2v) is 3.70. The van der Waals surface area contributed by atoms with Gasteiger partial charge in [-0.2, -0.15) is 0 Å². The molecule has 1 aliphatic rings. The van der Waals surface area contributed by atoms with Gasteiger partial charge in [0, 0.05) is 12.8 Å². The van der Waals surface area contributed by atoms with Gasteiger partial charge in [-0.15, -0.1) is 0 Å². The zero-order chi connectivity index (χ0) is 11.1. The molecule has 1 N–H and O–H groups in total. The Labute approximate surface area is 89.7 Å². The van der Waals surface area contributed by atoms with E-state index in [0.29, 0.717) is 19.3 Å². The molecule has 15 heavy (non-hydrogen) atoms. The van der Waals surface area contributed by atoms with Crippen molar-refractivity contribution in [3.05, 3.63) is 12.2 Å². The van der Waals surface area contributed by atoms with Gasteiger partial charge in [0.05, 0.1) is 6.04 Å². The van der Waals surface area contributed by atoms with Gasteiger partial charge < -0.3 is 10.1 Å². The molecule has 1 heterocycles. The van der Waals surface area contributed by atoms with Gasteiger partial charge in [0.2, 0.25) is 5.91 Å². The molecule has 0 saturated heterocycles. The Balaban J connectivity index is 2.48. The van der Waals surface area contributed by atoms with E-state index in [1.165, 1.54) is 0 Å². The van der Waals surface area contributed by atoms with Gasteiger partial charge in [0.1, 0.15) is 6.61 Å². The van der Waals surface area contributed by atoms with Crippen molar-refractivity contribution in [2.45, 2.75) is 38.6 Å². The van der Waals surface area contributed by atoms with Crippen LogP contribution in [0.15, 0.2) is 12.2 Å². The highest BCUT2D eigenvalue weighted by Gasteiger charge is 2.10.